The highest BCUT2D eigenvalue weighted by Gasteiger charge is 2.16. The molecular formula is C12H8ClFN2O2S. The van der Waals surface area contributed by atoms with Gasteiger partial charge in [-0.15, -0.1) is 11.3 Å². The highest BCUT2D eigenvalue weighted by molar-refractivity contribution is 7.14. The van der Waals surface area contributed by atoms with E-state index in [1.807, 2.05) is 0 Å². The number of thiophene rings is 1. The van der Waals surface area contributed by atoms with Crippen LogP contribution in [0.25, 0.3) is 0 Å². The van der Waals surface area contributed by atoms with Crippen LogP contribution in [0.3, 0.4) is 0 Å². The second kappa shape index (κ2) is 5.38. The lowest BCUT2D eigenvalue weighted by Crippen LogP contribution is -2.17. The molecule has 3 N–H and O–H groups in total. The second-order valence-electron chi connectivity index (χ2n) is 3.61. The zero-order valence-electron chi connectivity index (χ0n) is 9.44. The van der Waals surface area contributed by atoms with Crippen molar-refractivity contribution in [3.63, 3.8) is 0 Å². The molecule has 0 aliphatic heterocycles. The maximum atomic E-state index is 13.5. The Balaban J connectivity index is 2.28. The summed E-state index contributed by atoms with van der Waals surface area (Å²) >= 11 is 6.83. The van der Waals surface area contributed by atoms with Gasteiger partial charge < -0.3 is 11.1 Å². The standard InChI is InChI=1S/C12H8ClFN2O2S/c13-6-1-2-9(14)8(5-6)11(18)16-12-7(10(15)17)3-4-19-12/h1-5H,(H2,15,17)(H,16,18). The van der Waals surface area contributed by atoms with E-state index in [-0.39, 0.29) is 21.2 Å². The van der Waals surface area contributed by atoms with Crippen LogP contribution in [0.1, 0.15) is 20.7 Å². The normalized spacial score (nSPS) is 10.2. The molecule has 0 fully saturated rings. The van der Waals surface area contributed by atoms with Gasteiger partial charge in [-0.2, -0.15) is 0 Å². The minimum atomic E-state index is -0.695. The van der Waals surface area contributed by atoms with Crippen LogP contribution in [0, 0.1) is 5.82 Å². The number of carbonyl (C=O) groups excluding carboxylic acids is 2. The number of carbonyl (C=O) groups is 2. The first-order chi connectivity index (χ1) is 8.99. The third-order valence-corrected chi connectivity index (χ3v) is 3.40. The first-order valence-corrected chi connectivity index (χ1v) is 6.38. The van der Waals surface area contributed by atoms with Crippen molar-refractivity contribution >= 4 is 39.8 Å². The van der Waals surface area contributed by atoms with Crippen LogP contribution in [0.15, 0.2) is 29.6 Å². The number of amides is 2. The molecule has 2 rings (SSSR count). The Hall–Kier alpha value is -1.92. The van der Waals surface area contributed by atoms with Gasteiger partial charge in [0.05, 0.1) is 11.1 Å². The van der Waals surface area contributed by atoms with Crippen molar-refractivity contribution in [2.45, 2.75) is 0 Å². The van der Waals surface area contributed by atoms with Gasteiger partial charge >= 0.3 is 0 Å². The van der Waals surface area contributed by atoms with Gasteiger partial charge in [-0.05, 0) is 29.6 Å². The number of halogens is 2. The molecule has 0 unspecified atom stereocenters. The molecule has 0 saturated carbocycles. The first-order valence-electron chi connectivity index (χ1n) is 5.12. The van der Waals surface area contributed by atoms with Crippen LogP contribution in [0.4, 0.5) is 9.39 Å². The summed E-state index contributed by atoms with van der Waals surface area (Å²) < 4.78 is 13.5. The minimum absolute atomic E-state index is 0.181. The Morgan fingerprint density at radius 2 is 2.00 bits per heavy atom. The van der Waals surface area contributed by atoms with E-state index in [1.54, 1.807) is 5.38 Å². The van der Waals surface area contributed by atoms with Crippen molar-refractivity contribution in [3.8, 4) is 0 Å². The Kier molecular flexibility index (Phi) is 3.82. The summed E-state index contributed by atoms with van der Waals surface area (Å²) in [5.74, 6) is -2.05. The maximum absolute atomic E-state index is 13.5. The zero-order chi connectivity index (χ0) is 14.0. The van der Waals surface area contributed by atoms with Crippen LogP contribution in [0.2, 0.25) is 5.02 Å². The molecule has 0 atom stereocenters. The number of nitrogens with two attached hydrogens (primary N) is 1. The molecule has 4 nitrogen and oxygen atoms in total. The van der Waals surface area contributed by atoms with E-state index >= 15 is 0 Å². The molecule has 7 heteroatoms. The van der Waals surface area contributed by atoms with Crippen LogP contribution >= 0.6 is 22.9 Å². The van der Waals surface area contributed by atoms with Crippen molar-refractivity contribution in [2.24, 2.45) is 5.73 Å². The molecule has 0 bridgehead atoms. The summed E-state index contributed by atoms with van der Waals surface area (Å²) in [6, 6.07) is 5.13. The monoisotopic (exact) mass is 298 g/mol. The highest BCUT2D eigenvalue weighted by atomic mass is 35.5. The van der Waals surface area contributed by atoms with Crippen LogP contribution in [-0.4, -0.2) is 11.8 Å². The van der Waals surface area contributed by atoms with Crippen molar-refractivity contribution in [3.05, 3.63) is 51.6 Å². The first kappa shape index (κ1) is 13.5. The molecule has 2 amide bonds. The number of benzene rings is 1. The van der Waals surface area contributed by atoms with Crippen LogP contribution in [-0.2, 0) is 0 Å². The SMILES string of the molecule is NC(=O)c1ccsc1NC(=O)c1cc(Cl)ccc1F. The predicted molar refractivity (Wildman–Crippen MR) is 72.2 cm³/mol. The zero-order valence-corrected chi connectivity index (χ0v) is 11.0. The molecule has 2 aromatic rings. The Bertz CT molecular complexity index is 657. The lowest BCUT2D eigenvalue weighted by Gasteiger charge is -2.06. The largest absolute Gasteiger partial charge is 0.366 e. The van der Waals surface area contributed by atoms with Crippen molar-refractivity contribution in [2.75, 3.05) is 5.32 Å². The molecule has 0 saturated heterocycles. The fraction of sp³-hybridized carbons (Fsp3) is 0. The molecule has 0 radical (unpaired) electrons. The average molecular weight is 299 g/mol. The molecule has 0 spiro atoms. The molecule has 1 heterocycles. The van der Waals surface area contributed by atoms with Gasteiger partial charge in [-0.1, -0.05) is 11.6 Å². The molecule has 0 aliphatic carbocycles. The molecular weight excluding hydrogens is 291 g/mol. The predicted octanol–water partition coefficient (Wildman–Crippen LogP) is 2.89. The van der Waals surface area contributed by atoms with Gasteiger partial charge in [0.2, 0.25) is 0 Å². The minimum Gasteiger partial charge on any atom is -0.366 e. The number of hydrogen-bond donors (Lipinski definition) is 2. The third kappa shape index (κ3) is 2.91. The van der Waals surface area contributed by atoms with E-state index in [9.17, 15) is 14.0 Å². The molecule has 98 valence electrons. The van der Waals surface area contributed by atoms with Crippen LogP contribution in [0.5, 0.6) is 0 Å². The molecule has 1 aromatic heterocycles. The number of nitrogens with one attached hydrogen (secondary N) is 1. The number of primary amides is 1. The lowest BCUT2D eigenvalue weighted by molar-refractivity contribution is 0.100. The summed E-state index contributed by atoms with van der Waals surface area (Å²) in [5, 5.41) is 4.56. The van der Waals surface area contributed by atoms with Crippen molar-refractivity contribution in [1.29, 1.82) is 0 Å². The number of rotatable bonds is 3. The van der Waals surface area contributed by atoms with Gasteiger partial charge in [0.15, 0.2) is 0 Å². The molecule has 0 aliphatic rings. The Labute approximate surface area is 117 Å². The quantitative estimate of drug-likeness (QED) is 0.914. The van der Waals surface area contributed by atoms with E-state index < -0.39 is 17.6 Å². The summed E-state index contributed by atoms with van der Waals surface area (Å²) in [7, 11) is 0. The average Bonchev–Trinajstić information content (AvgIpc) is 2.80. The summed E-state index contributed by atoms with van der Waals surface area (Å²) in [4.78, 5) is 23.0. The van der Waals surface area contributed by atoms with E-state index in [4.69, 9.17) is 17.3 Å². The smallest absolute Gasteiger partial charge is 0.259 e. The summed E-state index contributed by atoms with van der Waals surface area (Å²) in [6.45, 7) is 0. The highest BCUT2D eigenvalue weighted by Crippen LogP contribution is 2.24. The van der Waals surface area contributed by atoms with E-state index in [1.165, 1.54) is 18.2 Å². The van der Waals surface area contributed by atoms with Crippen LogP contribution < -0.4 is 11.1 Å². The second-order valence-corrected chi connectivity index (χ2v) is 4.96. The Morgan fingerprint density at radius 3 is 2.68 bits per heavy atom. The lowest BCUT2D eigenvalue weighted by atomic mass is 10.2. The van der Waals surface area contributed by atoms with Gasteiger partial charge in [-0.3, -0.25) is 9.59 Å². The third-order valence-electron chi connectivity index (χ3n) is 2.33. The fourth-order valence-electron chi connectivity index (χ4n) is 1.44. The van der Waals surface area contributed by atoms with Gasteiger partial charge in [-0.25, -0.2) is 4.39 Å². The summed E-state index contributed by atoms with van der Waals surface area (Å²) in [5.41, 5.74) is 5.13. The number of anilines is 1. The van der Waals surface area contributed by atoms with Gasteiger partial charge in [0.25, 0.3) is 11.8 Å². The van der Waals surface area contributed by atoms with Crippen molar-refractivity contribution in [1.82, 2.24) is 0 Å². The maximum Gasteiger partial charge on any atom is 0.259 e. The van der Waals surface area contributed by atoms with Gasteiger partial charge in [0.1, 0.15) is 10.8 Å². The summed E-state index contributed by atoms with van der Waals surface area (Å²) in [6.07, 6.45) is 0. The molecule has 1 aromatic carbocycles. The topological polar surface area (TPSA) is 72.2 Å². The fourth-order valence-corrected chi connectivity index (χ4v) is 2.40. The number of hydrogen-bond acceptors (Lipinski definition) is 3. The van der Waals surface area contributed by atoms with Crippen molar-refractivity contribution < 1.29 is 14.0 Å². The van der Waals surface area contributed by atoms with E-state index in [0.29, 0.717) is 0 Å². The van der Waals surface area contributed by atoms with E-state index in [2.05, 4.69) is 5.32 Å². The van der Waals surface area contributed by atoms with E-state index in [0.717, 1.165) is 17.4 Å². The Morgan fingerprint density at radius 1 is 1.26 bits per heavy atom. The van der Waals surface area contributed by atoms with Gasteiger partial charge in [0, 0.05) is 5.02 Å². The molecule has 19 heavy (non-hydrogen) atoms.